The number of hydrogen-bond donors (Lipinski definition) is 0. The zero-order valence-electron chi connectivity index (χ0n) is 25.7. The number of hydrogen-bond acceptors (Lipinski definition) is 4. The van der Waals surface area contributed by atoms with Crippen LogP contribution in [0.15, 0.2) is 158 Å². The fraction of sp³-hybridized carbons (Fsp3) is 0. The molecule has 0 aliphatic heterocycles. The lowest BCUT2D eigenvalue weighted by Gasteiger charge is -2.13. The molecule has 48 heavy (non-hydrogen) atoms. The summed E-state index contributed by atoms with van der Waals surface area (Å²) < 4.78 is 4.83. The first-order chi connectivity index (χ1) is 23.8. The van der Waals surface area contributed by atoms with Crippen LogP contribution >= 0.6 is 11.3 Å². The molecule has 224 valence electrons. The molecule has 0 atom stereocenters. The van der Waals surface area contributed by atoms with Crippen molar-refractivity contribution < 1.29 is 0 Å². The van der Waals surface area contributed by atoms with E-state index in [-0.39, 0.29) is 0 Å². The highest BCUT2D eigenvalue weighted by atomic mass is 32.1. The topological polar surface area (TPSA) is 43.6 Å². The molecule has 0 saturated carbocycles. The lowest BCUT2D eigenvalue weighted by molar-refractivity contribution is 0.954. The Morgan fingerprint density at radius 2 is 1.02 bits per heavy atom. The number of aromatic nitrogens is 4. The van der Waals surface area contributed by atoms with Gasteiger partial charge in [0.2, 0.25) is 5.95 Å². The van der Waals surface area contributed by atoms with E-state index in [2.05, 4.69) is 126 Å². The summed E-state index contributed by atoms with van der Waals surface area (Å²) in [6, 6.07) is 55.5. The average molecular weight is 631 g/mol. The number of benzene rings is 7. The minimum atomic E-state index is 0.592. The third kappa shape index (κ3) is 4.18. The van der Waals surface area contributed by atoms with Gasteiger partial charge in [0, 0.05) is 53.2 Å². The largest absolute Gasteiger partial charge is 0.277 e. The van der Waals surface area contributed by atoms with Crippen molar-refractivity contribution in [2.45, 2.75) is 0 Å². The molecule has 0 saturated heterocycles. The Balaban J connectivity index is 1.36. The number of fused-ring (bicyclic) bond motifs is 7. The van der Waals surface area contributed by atoms with Crippen molar-refractivity contribution in [2.24, 2.45) is 0 Å². The van der Waals surface area contributed by atoms with Crippen molar-refractivity contribution in [3.05, 3.63) is 158 Å². The van der Waals surface area contributed by atoms with Gasteiger partial charge >= 0.3 is 0 Å². The molecule has 0 fully saturated rings. The van der Waals surface area contributed by atoms with E-state index in [9.17, 15) is 0 Å². The molecular weight excluding hydrogens is 605 g/mol. The summed E-state index contributed by atoms with van der Waals surface area (Å²) >= 11 is 1.85. The zero-order valence-corrected chi connectivity index (χ0v) is 26.5. The van der Waals surface area contributed by atoms with Crippen LogP contribution in [0.4, 0.5) is 0 Å². The molecule has 4 nitrogen and oxygen atoms in total. The molecular formula is C43H26N4S. The van der Waals surface area contributed by atoms with Crippen molar-refractivity contribution in [2.75, 3.05) is 0 Å². The van der Waals surface area contributed by atoms with E-state index in [1.165, 1.54) is 36.5 Å². The van der Waals surface area contributed by atoms with Crippen molar-refractivity contribution in [3.8, 4) is 39.9 Å². The molecule has 5 heteroatoms. The highest BCUT2D eigenvalue weighted by molar-refractivity contribution is 7.26. The molecule has 10 aromatic rings. The van der Waals surface area contributed by atoms with E-state index in [0.717, 1.165) is 38.5 Å². The summed E-state index contributed by atoms with van der Waals surface area (Å²) in [5, 5.41) is 7.26. The second kappa shape index (κ2) is 10.7. The fourth-order valence-corrected chi connectivity index (χ4v) is 8.26. The van der Waals surface area contributed by atoms with E-state index in [4.69, 9.17) is 15.0 Å². The Morgan fingerprint density at radius 3 is 1.75 bits per heavy atom. The number of nitrogens with zero attached hydrogens (tertiary/aromatic N) is 4. The van der Waals surface area contributed by atoms with Crippen molar-refractivity contribution in [1.82, 2.24) is 19.5 Å². The Kier molecular flexibility index (Phi) is 6.01. The second-order valence-electron chi connectivity index (χ2n) is 12.0. The summed E-state index contributed by atoms with van der Waals surface area (Å²) in [5.74, 6) is 1.87. The second-order valence-corrected chi connectivity index (χ2v) is 13.1. The van der Waals surface area contributed by atoms with Crippen LogP contribution < -0.4 is 0 Å². The molecule has 0 bridgehead atoms. The predicted molar refractivity (Wildman–Crippen MR) is 201 cm³/mol. The maximum atomic E-state index is 5.23. The van der Waals surface area contributed by atoms with Crippen LogP contribution in [0.1, 0.15) is 0 Å². The Hall–Kier alpha value is -6.17. The van der Waals surface area contributed by atoms with E-state index in [0.29, 0.717) is 17.6 Å². The summed E-state index contributed by atoms with van der Waals surface area (Å²) in [4.78, 5) is 15.5. The first-order valence-corrected chi connectivity index (χ1v) is 16.9. The molecule has 0 amide bonds. The molecule has 3 aromatic heterocycles. The van der Waals surface area contributed by atoms with Gasteiger partial charge in [0.25, 0.3) is 0 Å². The maximum Gasteiger partial charge on any atom is 0.238 e. The fourth-order valence-electron chi connectivity index (χ4n) is 7.03. The van der Waals surface area contributed by atoms with Gasteiger partial charge in [-0.05, 0) is 29.0 Å². The molecule has 0 aliphatic carbocycles. The van der Waals surface area contributed by atoms with Gasteiger partial charge in [-0.1, -0.05) is 140 Å². The molecule has 0 unspecified atom stereocenters. The molecule has 0 radical (unpaired) electrons. The molecule has 0 spiro atoms. The van der Waals surface area contributed by atoms with Gasteiger partial charge in [-0.25, -0.2) is 4.98 Å². The Morgan fingerprint density at radius 1 is 0.438 bits per heavy atom. The highest BCUT2D eigenvalue weighted by Gasteiger charge is 2.22. The number of rotatable bonds is 4. The molecule has 0 N–H and O–H groups in total. The van der Waals surface area contributed by atoms with Crippen LogP contribution in [-0.2, 0) is 0 Å². The number of para-hydroxylation sites is 1. The SMILES string of the molecule is c1ccc(-c2nc(-c3ccccc3)nc(-n3c4cc5ccccc5cc4c4cccc(-c5cccc6c5sc5ccccc56)c43)n2)cc1. The molecule has 3 heterocycles. The van der Waals surface area contributed by atoms with Crippen LogP contribution in [-0.4, -0.2) is 19.5 Å². The van der Waals surface area contributed by atoms with E-state index < -0.39 is 0 Å². The minimum Gasteiger partial charge on any atom is -0.277 e. The smallest absolute Gasteiger partial charge is 0.238 e. The standard InChI is InChI=1S/C43H26N4S/c1-3-13-27(14-4-1)41-44-42(28-15-5-2-6-16-28)46-43(45-41)47-37-26-30-18-8-7-17-29(30)25-36(37)33-21-11-20-32(39(33)47)35-23-12-22-34-31-19-9-10-24-38(31)48-40(34)35/h1-26H. The lowest BCUT2D eigenvalue weighted by Crippen LogP contribution is -2.07. The van der Waals surface area contributed by atoms with Gasteiger partial charge in [-0.15, -0.1) is 11.3 Å². The predicted octanol–water partition coefficient (Wildman–Crippen LogP) is 11.5. The maximum absolute atomic E-state index is 5.23. The third-order valence-electron chi connectivity index (χ3n) is 9.24. The average Bonchev–Trinajstić information content (AvgIpc) is 3.70. The summed E-state index contributed by atoms with van der Waals surface area (Å²) in [7, 11) is 0. The minimum absolute atomic E-state index is 0.592. The highest BCUT2D eigenvalue weighted by Crippen LogP contribution is 2.44. The van der Waals surface area contributed by atoms with Crippen molar-refractivity contribution in [3.63, 3.8) is 0 Å². The van der Waals surface area contributed by atoms with Crippen LogP contribution in [0.5, 0.6) is 0 Å². The molecule has 7 aromatic carbocycles. The van der Waals surface area contributed by atoms with Crippen molar-refractivity contribution in [1.29, 1.82) is 0 Å². The normalized spacial score (nSPS) is 11.8. The van der Waals surface area contributed by atoms with Gasteiger partial charge < -0.3 is 0 Å². The van der Waals surface area contributed by atoms with Gasteiger partial charge in [0.1, 0.15) is 0 Å². The summed E-state index contributed by atoms with van der Waals surface area (Å²) in [5.41, 5.74) is 6.38. The third-order valence-corrected chi connectivity index (χ3v) is 10.5. The van der Waals surface area contributed by atoms with Gasteiger partial charge in [0.05, 0.1) is 11.0 Å². The van der Waals surface area contributed by atoms with Crippen LogP contribution in [0.2, 0.25) is 0 Å². The summed E-state index contributed by atoms with van der Waals surface area (Å²) in [6.45, 7) is 0. The van der Waals surface area contributed by atoms with E-state index in [1.54, 1.807) is 0 Å². The molecule has 0 aliphatic rings. The zero-order chi connectivity index (χ0) is 31.6. The van der Waals surface area contributed by atoms with Gasteiger partial charge in [-0.2, -0.15) is 9.97 Å². The Labute approximate surface area is 280 Å². The number of thiophene rings is 1. The van der Waals surface area contributed by atoms with Crippen LogP contribution in [0, 0.1) is 0 Å². The Bertz CT molecular complexity index is 2780. The summed E-state index contributed by atoms with van der Waals surface area (Å²) in [6.07, 6.45) is 0. The van der Waals surface area contributed by atoms with Crippen LogP contribution in [0.25, 0.3) is 92.6 Å². The van der Waals surface area contributed by atoms with E-state index in [1.807, 2.05) is 47.7 Å². The first-order valence-electron chi connectivity index (χ1n) is 16.0. The van der Waals surface area contributed by atoms with Crippen molar-refractivity contribution >= 4 is 64.1 Å². The lowest BCUT2D eigenvalue weighted by atomic mass is 9.99. The monoisotopic (exact) mass is 630 g/mol. The van der Waals surface area contributed by atoms with Gasteiger partial charge in [0.15, 0.2) is 11.6 Å². The van der Waals surface area contributed by atoms with E-state index >= 15 is 0 Å². The van der Waals surface area contributed by atoms with Crippen LogP contribution in [0.3, 0.4) is 0 Å². The first kappa shape index (κ1) is 27.0. The van der Waals surface area contributed by atoms with Gasteiger partial charge in [-0.3, -0.25) is 4.57 Å². The quantitative estimate of drug-likeness (QED) is 0.194. The molecule has 10 rings (SSSR count).